The van der Waals surface area contributed by atoms with Crippen LogP contribution in [0, 0.1) is 18.7 Å². The SMILES string of the molecule is Cc1cc2nc(N[C@@H](C)c3cncc(F)c3)nc(C(=O)CCCC3CCN(C(=O)OC(C)(C)C)CC3)c2s1. The van der Waals surface area contributed by atoms with Gasteiger partial charge in [-0.05, 0) is 83.9 Å². The predicted octanol–water partition coefficient (Wildman–Crippen LogP) is 6.71. The largest absolute Gasteiger partial charge is 0.444 e. The van der Waals surface area contributed by atoms with Gasteiger partial charge in [0.15, 0.2) is 5.78 Å². The maximum absolute atomic E-state index is 13.6. The second-order valence-electron chi connectivity index (χ2n) is 11.0. The number of hydrogen-bond donors (Lipinski definition) is 1. The second-order valence-corrected chi connectivity index (χ2v) is 12.3. The molecule has 1 fully saturated rings. The first-order valence-corrected chi connectivity index (χ1v) is 14.0. The summed E-state index contributed by atoms with van der Waals surface area (Å²) in [5, 5.41) is 3.20. The van der Waals surface area contributed by atoms with E-state index in [0.717, 1.165) is 47.0 Å². The number of anilines is 1. The highest BCUT2D eigenvalue weighted by molar-refractivity contribution is 7.19. The number of carbonyl (C=O) groups excluding carboxylic acids is 2. The highest BCUT2D eigenvalue weighted by Gasteiger charge is 2.27. The van der Waals surface area contributed by atoms with Crippen molar-refractivity contribution in [2.45, 2.75) is 78.4 Å². The van der Waals surface area contributed by atoms with E-state index in [-0.39, 0.29) is 17.9 Å². The van der Waals surface area contributed by atoms with Crippen LogP contribution >= 0.6 is 11.3 Å². The van der Waals surface area contributed by atoms with Gasteiger partial charge in [0.25, 0.3) is 0 Å². The summed E-state index contributed by atoms with van der Waals surface area (Å²) in [5.41, 5.74) is 1.33. The summed E-state index contributed by atoms with van der Waals surface area (Å²) in [7, 11) is 0. The van der Waals surface area contributed by atoms with Crippen LogP contribution in [0.15, 0.2) is 24.5 Å². The van der Waals surface area contributed by atoms with Gasteiger partial charge in [0.05, 0.1) is 22.5 Å². The third-order valence-electron chi connectivity index (χ3n) is 6.61. The number of nitrogens with zero attached hydrogens (tertiary/aromatic N) is 4. The third kappa shape index (κ3) is 7.24. The van der Waals surface area contributed by atoms with Crippen molar-refractivity contribution < 1.29 is 18.7 Å². The number of rotatable bonds is 8. The molecule has 0 unspecified atom stereocenters. The Hall–Kier alpha value is -3.14. The Morgan fingerprint density at radius 3 is 2.63 bits per heavy atom. The summed E-state index contributed by atoms with van der Waals surface area (Å²) in [6, 6.07) is 3.09. The Labute approximate surface area is 227 Å². The van der Waals surface area contributed by atoms with Gasteiger partial charge in [-0.25, -0.2) is 19.2 Å². The first-order chi connectivity index (χ1) is 18.0. The number of pyridine rings is 1. The molecule has 204 valence electrons. The van der Waals surface area contributed by atoms with Gasteiger partial charge in [-0.1, -0.05) is 0 Å². The molecule has 1 N–H and O–H groups in total. The molecular formula is C28H36FN5O3S. The lowest BCUT2D eigenvalue weighted by molar-refractivity contribution is 0.0181. The van der Waals surface area contributed by atoms with E-state index < -0.39 is 11.4 Å². The molecule has 38 heavy (non-hydrogen) atoms. The summed E-state index contributed by atoms with van der Waals surface area (Å²) in [6.45, 7) is 10.8. The molecule has 1 amide bonds. The number of aromatic nitrogens is 3. The summed E-state index contributed by atoms with van der Waals surface area (Å²) >= 11 is 1.52. The van der Waals surface area contributed by atoms with Crippen LogP contribution in [0.2, 0.25) is 0 Å². The summed E-state index contributed by atoms with van der Waals surface area (Å²) in [4.78, 5) is 41.5. The summed E-state index contributed by atoms with van der Waals surface area (Å²) in [6.07, 6.45) is 6.43. The van der Waals surface area contributed by atoms with Crippen molar-refractivity contribution in [2.24, 2.45) is 5.92 Å². The van der Waals surface area contributed by atoms with E-state index >= 15 is 0 Å². The molecule has 0 aromatic carbocycles. The number of amides is 1. The molecule has 0 bridgehead atoms. The van der Waals surface area contributed by atoms with Crippen LogP contribution in [-0.4, -0.2) is 50.4 Å². The molecule has 1 aliphatic heterocycles. The number of thiophene rings is 1. The molecule has 10 heteroatoms. The predicted molar refractivity (Wildman–Crippen MR) is 147 cm³/mol. The van der Waals surface area contributed by atoms with Crippen molar-refractivity contribution in [2.75, 3.05) is 18.4 Å². The zero-order valence-corrected chi connectivity index (χ0v) is 23.5. The number of ketones is 1. The third-order valence-corrected chi connectivity index (χ3v) is 7.66. The first-order valence-electron chi connectivity index (χ1n) is 13.1. The highest BCUT2D eigenvalue weighted by Crippen LogP contribution is 2.30. The van der Waals surface area contributed by atoms with Crippen LogP contribution in [-0.2, 0) is 4.74 Å². The van der Waals surface area contributed by atoms with Gasteiger partial charge >= 0.3 is 6.09 Å². The molecule has 0 aliphatic carbocycles. The molecular weight excluding hydrogens is 505 g/mol. The van der Waals surface area contributed by atoms with Gasteiger partial charge in [0.2, 0.25) is 5.95 Å². The van der Waals surface area contributed by atoms with Crippen LogP contribution in [0.3, 0.4) is 0 Å². The van der Waals surface area contributed by atoms with E-state index in [9.17, 15) is 14.0 Å². The molecule has 1 saturated heterocycles. The van der Waals surface area contributed by atoms with Crippen molar-refractivity contribution in [1.82, 2.24) is 19.9 Å². The Kier molecular flexibility index (Phi) is 8.60. The van der Waals surface area contributed by atoms with E-state index in [1.807, 2.05) is 40.7 Å². The molecule has 3 aromatic rings. The topological polar surface area (TPSA) is 97.3 Å². The molecule has 3 aromatic heterocycles. The summed E-state index contributed by atoms with van der Waals surface area (Å²) < 4.78 is 19.9. The van der Waals surface area contributed by atoms with Gasteiger partial charge in [0.1, 0.15) is 17.1 Å². The van der Waals surface area contributed by atoms with Gasteiger partial charge < -0.3 is 15.0 Å². The monoisotopic (exact) mass is 541 g/mol. The van der Waals surface area contributed by atoms with Gasteiger partial charge in [-0.2, -0.15) is 0 Å². The zero-order chi connectivity index (χ0) is 27.4. The first kappa shape index (κ1) is 27.9. The number of halogens is 1. The number of fused-ring (bicyclic) bond motifs is 1. The molecule has 4 rings (SSSR count). The summed E-state index contributed by atoms with van der Waals surface area (Å²) in [5.74, 6) is 0.402. The van der Waals surface area contributed by atoms with E-state index in [0.29, 0.717) is 42.6 Å². The molecule has 1 atom stereocenters. The van der Waals surface area contributed by atoms with Crippen molar-refractivity contribution >= 4 is 39.4 Å². The maximum Gasteiger partial charge on any atom is 0.410 e. The van der Waals surface area contributed by atoms with Gasteiger partial charge in [-0.3, -0.25) is 9.78 Å². The number of piperidine rings is 1. The van der Waals surface area contributed by atoms with Crippen LogP contribution in [0.25, 0.3) is 10.2 Å². The van der Waals surface area contributed by atoms with Gasteiger partial charge in [0, 0.05) is 30.6 Å². The minimum Gasteiger partial charge on any atom is -0.444 e. The van der Waals surface area contributed by atoms with Crippen LogP contribution < -0.4 is 5.32 Å². The Bertz CT molecular complexity index is 1300. The molecule has 8 nitrogen and oxygen atoms in total. The number of likely N-dealkylation sites (tertiary alicyclic amines) is 1. The average Bonchev–Trinajstić information content (AvgIpc) is 3.22. The van der Waals surface area contributed by atoms with E-state index in [2.05, 4.69) is 20.3 Å². The Morgan fingerprint density at radius 2 is 1.95 bits per heavy atom. The van der Waals surface area contributed by atoms with Crippen molar-refractivity contribution in [3.63, 3.8) is 0 Å². The molecule has 0 spiro atoms. The van der Waals surface area contributed by atoms with Gasteiger partial charge in [-0.15, -0.1) is 11.3 Å². The number of aryl methyl sites for hydroxylation is 1. The maximum atomic E-state index is 13.6. The number of nitrogens with one attached hydrogen (secondary N) is 1. The number of ether oxygens (including phenoxy) is 1. The second kappa shape index (κ2) is 11.7. The lowest BCUT2D eigenvalue weighted by Gasteiger charge is -2.33. The minimum atomic E-state index is -0.494. The van der Waals surface area contributed by atoms with Crippen molar-refractivity contribution in [3.05, 3.63) is 46.5 Å². The fourth-order valence-corrected chi connectivity index (χ4v) is 5.60. The minimum absolute atomic E-state index is 0.00596. The van der Waals surface area contributed by atoms with E-state index in [4.69, 9.17) is 4.74 Å². The smallest absolute Gasteiger partial charge is 0.410 e. The van der Waals surface area contributed by atoms with E-state index in [1.165, 1.54) is 17.4 Å². The molecule has 0 radical (unpaired) electrons. The normalized spacial score (nSPS) is 15.5. The lowest BCUT2D eigenvalue weighted by Crippen LogP contribution is -2.41. The van der Waals surface area contributed by atoms with Crippen LogP contribution in [0.5, 0.6) is 0 Å². The van der Waals surface area contributed by atoms with Crippen molar-refractivity contribution in [1.29, 1.82) is 0 Å². The van der Waals surface area contributed by atoms with Crippen molar-refractivity contribution in [3.8, 4) is 0 Å². The number of carbonyl (C=O) groups is 2. The fourth-order valence-electron chi connectivity index (χ4n) is 4.65. The number of Topliss-reactive ketones (excluding diaryl/α,β-unsaturated/α-hetero) is 1. The van der Waals surface area contributed by atoms with E-state index in [1.54, 1.807) is 11.1 Å². The number of hydrogen-bond acceptors (Lipinski definition) is 8. The Morgan fingerprint density at radius 1 is 1.21 bits per heavy atom. The molecule has 0 saturated carbocycles. The standard InChI is InChI=1S/C28H36FN5O3S/c1-17-13-22-25(38-17)24(33-26(32-22)31-18(2)20-14-21(29)16-30-15-20)23(35)8-6-7-19-9-11-34(12-10-19)27(36)37-28(3,4)5/h13-16,18-19H,6-12H2,1-5H3,(H,31,32,33)/t18-/m0/s1. The lowest BCUT2D eigenvalue weighted by atomic mass is 9.91. The highest BCUT2D eigenvalue weighted by atomic mass is 32.1. The zero-order valence-electron chi connectivity index (χ0n) is 22.7. The van der Waals surface area contributed by atoms with Crippen LogP contribution in [0.4, 0.5) is 15.1 Å². The average molecular weight is 542 g/mol. The molecule has 1 aliphatic rings. The Balaban J connectivity index is 1.36. The molecule has 4 heterocycles. The quantitative estimate of drug-likeness (QED) is 0.317. The van der Waals surface area contributed by atoms with Crippen LogP contribution in [0.1, 0.15) is 86.8 Å². The fraction of sp³-hybridized carbons (Fsp3) is 0.536.